The van der Waals surface area contributed by atoms with Crippen molar-refractivity contribution in [3.8, 4) is 22.6 Å². The van der Waals surface area contributed by atoms with Gasteiger partial charge < -0.3 is 20.1 Å². The molecule has 134 valence electrons. The number of methoxy groups -OCH3 is 2. The Morgan fingerprint density at radius 3 is 2.46 bits per heavy atom. The van der Waals surface area contributed by atoms with Crippen molar-refractivity contribution in [2.24, 2.45) is 0 Å². The van der Waals surface area contributed by atoms with Crippen molar-refractivity contribution < 1.29 is 9.47 Å². The zero-order valence-electron chi connectivity index (χ0n) is 15.2. The normalized spacial score (nSPS) is 10.3. The van der Waals surface area contributed by atoms with Crippen molar-refractivity contribution in [1.82, 2.24) is 15.0 Å². The second-order valence-corrected chi connectivity index (χ2v) is 5.59. The minimum atomic E-state index is 0.463. The molecule has 26 heavy (non-hydrogen) atoms. The van der Waals surface area contributed by atoms with Crippen LogP contribution in [0.2, 0.25) is 0 Å². The van der Waals surface area contributed by atoms with Gasteiger partial charge in [0, 0.05) is 36.3 Å². The van der Waals surface area contributed by atoms with E-state index in [1.807, 2.05) is 37.3 Å². The van der Waals surface area contributed by atoms with E-state index in [9.17, 15) is 0 Å². The molecule has 0 aliphatic heterocycles. The highest BCUT2D eigenvalue weighted by molar-refractivity contribution is 5.74. The Morgan fingerprint density at radius 1 is 0.962 bits per heavy atom. The highest BCUT2D eigenvalue weighted by atomic mass is 16.5. The van der Waals surface area contributed by atoms with Gasteiger partial charge in [-0.3, -0.25) is 4.98 Å². The molecular weight excluding hydrogens is 330 g/mol. The van der Waals surface area contributed by atoms with Crippen LogP contribution >= 0.6 is 0 Å². The largest absolute Gasteiger partial charge is 0.496 e. The van der Waals surface area contributed by atoms with Gasteiger partial charge in [0.15, 0.2) is 11.6 Å². The number of benzene rings is 1. The van der Waals surface area contributed by atoms with Crippen LogP contribution in [0.25, 0.3) is 11.1 Å². The summed E-state index contributed by atoms with van der Waals surface area (Å²) in [5.74, 6) is 2.41. The number of aryl methyl sites for hydroxylation is 1. The van der Waals surface area contributed by atoms with E-state index in [1.165, 1.54) is 0 Å². The summed E-state index contributed by atoms with van der Waals surface area (Å²) in [6, 6.07) is 9.86. The summed E-state index contributed by atoms with van der Waals surface area (Å²) in [4.78, 5) is 12.9. The number of rotatable bonds is 6. The van der Waals surface area contributed by atoms with Gasteiger partial charge in [0.05, 0.1) is 20.4 Å². The molecule has 3 aromatic rings. The Kier molecular flexibility index (Phi) is 5.17. The molecule has 0 amide bonds. The van der Waals surface area contributed by atoms with Crippen LogP contribution < -0.4 is 20.1 Å². The van der Waals surface area contributed by atoms with Crippen LogP contribution in [-0.2, 0) is 0 Å². The zero-order valence-corrected chi connectivity index (χ0v) is 15.2. The smallest absolute Gasteiger partial charge is 0.229 e. The Bertz CT molecular complexity index is 914. The number of nitrogens with one attached hydrogen (secondary N) is 2. The Morgan fingerprint density at radius 2 is 1.77 bits per heavy atom. The van der Waals surface area contributed by atoms with E-state index in [0.717, 1.165) is 28.3 Å². The van der Waals surface area contributed by atoms with Gasteiger partial charge in [-0.1, -0.05) is 0 Å². The third kappa shape index (κ3) is 3.66. The first-order valence-corrected chi connectivity index (χ1v) is 8.11. The lowest BCUT2D eigenvalue weighted by Gasteiger charge is -2.13. The second kappa shape index (κ2) is 7.69. The van der Waals surface area contributed by atoms with Crippen LogP contribution in [0.4, 0.5) is 17.5 Å². The molecule has 0 aliphatic carbocycles. The molecule has 1 aromatic carbocycles. The highest BCUT2D eigenvalue weighted by Crippen LogP contribution is 2.33. The highest BCUT2D eigenvalue weighted by Gasteiger charge is 2.10. The number of hydrogen-bond acceptors (Lipinski definition) is 7. The maximum atomic E-state index is 5.57. The van der Waals surface area contributed by atoms with Crippen molar-refractivity contribution in [2.75, 3.05) is 31.9 Å². The van der Waals surface area contributed by atoms with E-state index in [4.69, 9.17) is 9.47 Å². The number of aromatic nitrogens is 3. The molecule has 0 aliphatic rings. The quantitative estimate of drug-likeness (QED) is 0.701. The van der Waals surface area contributed by atoms with Crippen molar-refractivity contribution >= 4 is 17.5 Å². The molecule has 0 atom stereocenters. The van der Waals surface area contributed by atoms with Crippen LogP contribution in [0, 0.1) is 6.92 Å². The van der Waals surface area contributed by atoms with Crippen molar-refractivity contribution in [1.29, 1.82) is 0 Å². The molecule has 7 heteroatoms. The molecule has 2 N–H and O–H groups in total. The fraction of sp³-hybridized carbons (Fsp3) is 0.211. The predicted molar refractivity (Wildman–Crippen MR) is 102 cm³/mol. The number of hydrogen-bond donors (Lipinski definition) is 2. The van der Waals surface area contributed by atoms with E-state index in [1.54, 1.807) is 33.7 Å². The molecule has 0 spiro atoms. The average Bonchev–Trinajstić information content (AvgIpc) is 2.67. The molecule has 2 aromatic heterocycles. The number of nitrogens with zero attached hydrogens (tertiary/aromatic N) is 3. The predicted octanol–water partition coefficient (Wildman–Crippen LogP) is 3.65. The van der Waals surface area contributed by atoms with Crippen molar-refractivity contribution in [3.05, 3.63) is 48.4 Å². The Balaban J connectivity index is 1.90. The lowest BCUT2D eigenvalue weighted by Crippen LogP contribution is -2.03. The SMILES string of the molecule is CNc1nc(Nc2ccc(-c3ccnc(C)c3)c(OC)c2)ncc1OC. The van der Waals surface area contributed by atoms with E-state index in [0.29, 0.717) is 17.5 Å². The van der Waals surface area contributed by atoms with Crippen LogP contribution in [0.3, 0.4) is 0 Å². The molecule has 7 nitrogen and oxygen atoms in total. The van der Waals surface area contributed by atoms with Gasteiger partial charge in [-0.15, -0.1) is 0 Å². The molecule has 3 rings (SSSR count). The van der Waals surface area contributed by atoms with Gasteiger partial charge in [0.1, 0.15) is 5.75 Å². The second-order valence-electron chi connectivity index (χ2n) is 5.59. The third-order valence-electron chi connectivity index (χ3n) is 3.88. The minimum absolute atomic E-state index is 0.463. The lowest BCUT2D eigenvalue weighted by molar-refractivity contribution is 0.413. The van der Waals surface area contributed by atoms with Gasteiger partial charge in [0.2, 0.25) is 5.95 Å². The molecule has 0 bridgehead atoms. The first-order chi connectivity index (χ1) is 12.6. The maximum Gasteiger partial charge on any atom is 0.229 e. The summed E-state index contributed by atoms with van der Waals surface area (Å²) in [5.41, 5.74) is 3.83. The standard InChI is InChI=1S/C19H21N5O2/c1-12-9-13(7-8-21-12)15-6-5-14(10-16(15)25-3)23-19-22-11-17(26-4)18(20-2)24-19/h5-11H,1-4H3,(H2,20,22,23,24). The van der Waals surface area contributed by atoms with Crippen molar-refractivity contribution in [3.63, 3.8) is 0 Å². The number of pyridine rings is 1. The molecule has 0 saturated carbocycles. The first-order valence-electron chi connectivity index (χ1n) is 8.11. The van der Waals surface area contributed by atoms with E-state index in [2.05, 4.69) is 25.6 Å². The van der Waals surface area contributed by atoms with Gasteiger partial charge >= 0.3 is 0 Å². The number of ether oxygens (including phenoxy) is 2. The molecule has 0 saturated heterocycles. The minimum Gasteiger partial charge on any atom is -0.496 e. The topological polar surface area (TPSA) is 81.2 Å². The van der Waals surface area contributed by atoms with Crippen LogP contribution in [0.5, 0.6) is 11.5 Å². The summed E-state index contributed by atoms with van der Waals surface area (Å²) < 4.78 is 10.8. The molecule has 2 heterocycles. The fourth-order valence-electron chi connectivity index (χ4n) is 2.61. The van der Waals surface area contributed by atoms with E-state index < -0.39 is 0 Å². The van der Waals surface area contributed by atoms with Crippen LogP contribution in [0.1, 0.15) is 5.69 Å². The van der Waals surface area contributed by atoms with E-state index in [-0.39, 0.29) is 0 Å². The molecule has 0 radical (unpaired) electrons. The third-order valence-corrected chi connectivity index (χ3v) is 3.88. The molecule has 0 unspecified atom stereocenters. The van der Waals surface area contributed by atoms with Crippen LogP contribution in [0.15, 0.2) is 42.7 Å². The summed E-state index contributed by atoms with van der Waals surface area (Å²) in [7, 11) is 5.01. The van der Waals surface area contributed by atoms with E-state index >= 15 is 0 Å². The summed E-state index contributed by atoms with van der Waals surface area (Å²) in [6.45, 7) is 1.96. The monoisotopic (exact) mass is 351 g/mol. The Labute approximate surface area is 152 Å². The molecule has 0 fully saturated rings. The average molecular weight is 351 g/mol. The van der Waals surface area contributed by atoms with Gasteiger partial charge in [-0.2, -0.15) is 4.98 Å². The Hall–Kier alpha value is -3.35. The summed E-state index contributed by atoms with van der Waals surface area (Å²) in [6.07, 6.45) is 3.41. The fourth-order valence-corrected chi connectivity index (χ4v) is 2.61. The van der Waals surface area contributed by atoms with Crippen molar-refractivity contribution in [2.45, 2.75) is 6.92 Å². The zero-order chi connectivity index (χ0) is 18.5. The summed E-state index contributed by atoms with van der Waals surface area (Å²) >= 11 is 0. The summed E-state index contributed by atoms with van der Waals surface area (Å²) in [5, 5.41) is 6.17. The lowest BCUT2D eigenvalue weighted by atomic mass is 10.0. The molecular formula is C19H21N5O2. The first kappa shape index (κ1) is 17.5. The van der Waals surface area contributed by atoms with Crippen LogP contribution in [-0.4, -0.2) is 36.2 Å². The van der Waals surface area contributed by atoms with Gasteiger partial charge in [-0.25, -0.2) is 4.98 Å². The number of anilines is 3. The van der Waals surface area contributed by atoms with Gasteiger partial charge in [0.25, 0.3) is 0 Å². The maximum absolute atomic E-state index is 5.57. The van der Waals surface area contributed by atoms with Gasteiger partial charge in [-0.05, 0) is 36.8 Å².